The van der Waals surface area contributed by atoms with Crippen LogP contribution in [0.3, 0.4) is 0 Å². The van der Waals surface area contributed by atoms with E-state index in [4.69, 9.17) is 4.42 Å². The Labute approximate surface area is 129 Å². The number of fused-ring (bicyclic) bond motifs is 1. The van der Waals surface area contributed by atoms with E-state index in [2.05, 4.69) is 0 Å². The van der Waals surface area contributed by atoms with Crippen molar-refractivity contribution in [3.8, 4) is 0 Å². The number of amides is 1. The van der Waals surface area contributed by atoms with Gasteiger partial charge in [0.1, 0.15) is 10.7 Å². The lowest BCUT2D eigenvalue weighted by atomic mass is 10.2. The fraction of sp³-hybridized carbons (Fsp3) is 0.267. The van der Waals surface area contributed by atoms with Crippen LogP contribution in [0.25, 0.3) is 0 Å². The summed E-state index contributed by atoms with van der Waals surface area (Å²) in [5, 5.41) is 0. The molecule has 3 rings (SSSR count). The zero-order valence-electron chi connectivity index (χ0n) is 12.3. The fourth-order valence-corrected chi connectivity index (χ4v) is 4.13. The Hall–Kier alpha value is -2.12. The lowest BCUT2D eigenvalue weighted by molar-refractivity contribution is 0.0839. The van der Waals surface area contributed by atoms with E-state index in [1.54, 1.807) is 24.3 Å². The molecular weight excluding hydrogens is 304 g/mol. The van der Waals surface area contributed by atoms with Gasteiger partial charge in [0.05, 0.1) is 24.4 Å². The SMILES string of the molecule is CN(C)C(CN1C(=O)c2ccccc2S1(=O)=O)c1ccco1. The van der Waals surface area contributed by atoms with Crippen molar-refractivity contribution in [3.63, 3.8) is 0 Å². The quantitative estimate of drug-likeness (QED) is 0.858. The van der Waals surface area contributed by atoms with Crippen LogP contribution in [0.1, 0.15) is 22.2 Å². The number of hydrogen-bond donors (Lipinski definition) is 0. The van der Waals surface area contributed by atoms with Crippen LogP contribution < -0.4 is 0 Å². The molecule has 1 aliphatic rings. The van der Waals surface area contributed by atoms with Gasteiger partial charge in [0, 0.05) is 0 Å². The second-order valence-corrected chi connectivity index (χ2v) is 7.16. The molecular formula is C15H16N2O4S. The van der Waals surface area contributed by atoms with Gasteiger partial charge in [-0.15, -0.1) is 0 Å². The molecule has 1 aromatic heterocycles. The number of carbonyl (C=O) groups is 1. The van der Waals surface area contributed by atoms with E-state index < -0.39 is 15.9 Å². The average Bonchev–Trinajstić information content (AvgIpc) is 3.06. The molecule has 22 heavy (non-hydrogen) atoms. The Morgan fingerprint density at radius 2 is 1.91 bits per heavy atom. The molecule has 0 saturated heterocycles. The van der Waals surface area contributed by atoms with Gasteiger partial charge in [-0.2, -0.15) is 0 Å². The van der Waals surface area contributed by atoms with Crippen molar-refractivity contribution >= 4 is 15.9 Å². The van der Waals surface area contributed by atoms with Crippen molar-refractivity contribution in [3.05, 3.63) is 54.0 Å². The topological polar surface area (TPSA) is 70.8 Å². The largest absolute Gasteiger partial charge is 0.468 e. The summed E-state index contributed by atoms with van der Waals surface area (Å²) >= 11 is 0. The highest BCUT2D eigenvalue weighted by Crippen LogP contribution is 2.32. The summed E-state index contributed by atoms with van der Waals surface area (Å²) in [6.45, 7) is 0.0103. The fourth-order valence-electron chi connectivity index (χ4n) is 2.56. The Bertz CT molecular complexity index is 797. The standard InChI is InChI=1S/C15H16N2O4S/c1-16(2)12(13-7-5-9-21-13)10-17-15(18)11-6-3-4-8-14(11)22(17,19)20/h3-9,12H,10H2,1-2H3. The van der Waals surface area contributed by atoms with Crippen molar-refractivity contribution in [2.75, 3.05) is 20.6 Å². The van der Waals surface area contributed by atoms with E-state index in [-0.39, 0.29) is 23.0 Å². The van der Waals surface area contributed by atoms with Gasteiger partial charge in [-0.3, -0.25) is 9.69 Å². The smallest absolute Gasteiger partial charge is 0.269 e. The number of carbonyl (C=O) groups excluding carboxylic acids is 1. The van der Waals surface area contributed by atoms with Crippen LogP contribution in [0.2, 0.25) is 0 Å². The molecule has 0 fully saturated rings. The van der Waals surface area contributed by atoms with Crippen molar-refractivity contribution in [2.24, 2.45) is 0 Å². The van der Waals surface area contributed by atoms with Crippen molar-refractivity contribution in [1.82, 2.24) is 9.21 Å². The van der Waals surface area contributed by atoms with Gasteiger partial charge in [0.15, 0.2) is 0 Å². The maximum Gasteiger partial charge on any atom is 0.269 e. The van der Waals surface area contributed by atoms with Crippen molar-refractivity contribution < 1.29 is 17.6 Å². The summed E-state index contributed by atoms with van der Waals surface area (Å²) in [6, 6.07) is 9.43. The molecule has 0 bridgehead atoms. The summed E-state index contributed by atoms with van der Waals surface area (Å²) in [6.07, 6.45) is 1.53. The molecule has 7 heteroatoms. The zero-order valence-corrected chi connectivity index (χ0v) is 13.1. The lowest BCUT2D eigenvalue weighted by Crippen LogP contribution is -2.38. The van der Waals surface area contributed by atoms with Crippen LogP contribution in [-0.4, -0.2) is 44.2 Å². The van der Waals surface area contributed by atoms with Gasteiger partial charge >= 0.3 is 0 Å². The molecule has 0 aliphatic carbocycles. The molecule has 0 radical (unpaired) electrons. The normalized spacial score (nSPS) is 17.8. The minimum absolute atomic E-state index is 0.0103. The van der Waals surface area contributed by atoms with Crippen LogP contribution in [0.5, 0.6) is 0 Å². The summed E-state index contributed by atoms with van der Waals surface area (Å²) in [5.74, 6) is 0.123. The second kappa shape index (κ2) is 5.26. The lowest BCUT2D eigenvalue weighted by Gasteiger charge is -2.26. The molecule has 116 valence electrons. The third-order valence-electron chi connectivity index (χ3n) is 3.75. The molecule has 2 aromatic rings. The minimum atomic E-state index is -3.80. The number of hydrogen-bond acceptors (Lipinski definition) is 5. The van der Waals surface area contributed by atoms with E-state index in [0.29, 0.717) is 5.76 Å². The molecule has 0 N–H and O–H groups in total. The first-order chi connectivity index (χ1) is 10.4. The Kier molecular flexibility index (Phi) is 3.54. The maximum atomic E-state index is 12.6. The van der Waals surface area contributed by atoms with Crippen LogP contribution in [0.4, 0.5) is 0 Å². The Morgan fingerprint density at radius 1 is 1.18 bits per heavy atom. The number of rotatable bonds is 4. The first-order valence-corrected chi connectivity index (χ1v) is 8.23. The van der Waals surface area contributed by atoms with Crippen LogP contribution >= 0.6 is 0 Å². The second-order valence-electron chi connectivity index (χ2n) is 5.33. The van der Waals surface area contributed by atoms with E-state index in [0.717, 1.165) is 4.31 Å². The number of likely N-dealkylation sites (N-methyl/N-ethyl adjacent to an activating group) is 1. The third-order valence-corrected chi connectivity index (χ3v) is 5.55. The third kappa shape index (κ3) is 2.22. The molecule has 1 amide bonds. The van der Waals surface area contributed by atoms with E-state index in [9.17, 15) is 13.2 Å². The highest BCUT2D eigenvalue weighted by molar-refractivity contribution is 7.90. The van der Waals surface area contributed by atoms with Gasteiger partial charge in [0.2, 0.25) is 0 Å². The van der Waals surface area contributed by atoms with Crippen molar-refractivity contribution in [2.45, 2.75) is 10.9 Å². The summed E-state index contributed by atoms with van der Waals surface area (Å²) in [4.78, 5) is 14.3. The number of sulfonamides is 1. The van der Waals surface area contributed by atoms with E-state index >= 15 is 0 Å². The predicted octanol–water partition coefficient (Wildman–Crippen LogP) is 1.73. The predicted molar refractivity (Wildman–Crippen MR) is 79.8 cm³/mol. The molecule has 0 spiro atoms. The molecule has 2 heterocycles. The first kappa shape index (κ1) is 14.8. The molecule has 1 aliphatic heterocycles. The summed E-state index contributed by atoms with van der Waals surface area (Å²) in [5.41, 5.74) is 0.222. The number of nitrogens with zero attached hydrogens (tertiary/aromatic N) is 2. The van der Waals surface area contributed by atoms with Crippen LogP contribution in [0, 0.1) is 0 Å². The van der Waals surface area contributed by atoms with E-state index in [1.807, 2.05) is 19.0 Å². The van der Waals surface area contributed by atoms with Gasteiger partial charge in [0.25, 0.3) is 15.9 Å². The average molecular weight is 320 g/mol. The Morgan fingerprint density at radius 3 is 2.50 bits per heavy atom. The summed E-state index contributed by atoms with van der Waals surface area (Å²) < 4.78 is 31.5. The maximum absolute atomic E-state index is 12.6. The van der Waals surface area contributed by atoms with Gasteiger partial charge in [-0.1, -0.05) is 12.1 Å². The highest BCUT2D eigenvalue weighted by atomic mass is 32.2. The minimum Gasteiger partial charge on any atom is -0.468 e. The number of benzene rings is 1. The molecule has 1 aromatic carbocycles. The van der Waals surface area contributed by atoms with Gasteiger partial charge in [-0.05, 0) is 38.4 Å². The molecule has 1 unspecified atom stereocenters. The monoisotopic (exact) mass is 320 g/mol. The van der Waals surface area contributed by atoms with Crippen molar-refractivity contribution in [1.29, 1.82) is 0 Å². The number of furan rings is 1. The molecule has 0 saturated carbocycles. The zero-order chi connectivity index (χ0) is 15.9. The van der Waals surface area contributed by atoms with Gasteiger partial charge in [-0.25, -0.2) is 12.7 Å². The highest BCUT2D eigenvalue weighted by Gasteiger charge is 2.42. The van der Waals surface area contributed by atoms with E-state index in [1.165, 1.54) is 18.4 Å². The molecule has 1 atom stereocenters. The van der Waals surface area contributed by atoms with Crippen LogP contribution in [0.15, 0.2) is 52.0 Å². The summed E-state index contributed by atoms with van der Waals surface area (Å²) in [7, 11) is -0.174. The van der Waals surface area contributed by atoms with Gasteiger partial charge < -0.3 is 4.42 Å². The van der Waals surface area contributed by atoms with Crippen LogP contribution in [-0.2, 0) is 10.0 Å². The Balaban J connectivity index is 1.98. The first-order valence-electron chi connectivity index (χ1n) is 6.79. The molecule has 6 nitrogen and oxygen atoms in total.